The number of carbonyl (C=O) groups is 1. The third kappa shape index (κ3) is 6.48. The molecule has 0 fully saturated rings. The van der Waals surface area contributed by atoms with Crippen molar-refractivity contribution in [1.82, 2.24) is 4.98 Å². The Kier molecular flexibility index (Phi) is 7.50. The molecule has 0 saturated carbocycles. The maximum atomic E-state index is 11.9. The van der Waals surface area contributed by atoms with Gasteiger partial charge in [-0.15, -0.1) is 0 Å². The van der Waals surface area contributed by atoms with E-state index in [4.69, 9.17) is 33.7 Å². The van der Waals surface area contributed by atoms with Crippen LogP contribution in [0, 0.1) is 0 Å². The van der Waals surface area contributed by atoms with Crippen LogP contribution in [0.5, 0.6) is 0 Å². The number of ether oxygens (including phenoxy) is 1. The van der Waals surface area contributed by atoms with Crippen LogP contribution in [0.4, 0.5) is 0 Å². The number of aromatic nitrogens is 1. The zero-order chi connectivity index (χ0) is 17.4. The number of aryl methyl sites for hydroxylation is 1. The van der Waals surface area contributed by atoms with Crippen LogP contribution >= 0.6 is 23.2 Å². The smallest absolute Gasteiger partial charge is 0.323 e. The maximum absolute atomic E-state index is 11.9. The van der Waals surface area contributed by atoms with Gasteiger partial charge in [-0.3, -0.25) is 4.79 Å². The fourth-order valence-electron chi connectivity index (χ4n) is 2.31. The molecular weight excluding hydrogens is 347 g/mol. The summed E-state index contributed by atoms with van der Waals surface area (Å²) in [5.74, 6) is -0.418. The second kappa shape index (κ2) is 9.62. The molecule has 0 radical (unpaired) electrons. The van der Waals surface area contributed by atoms with E-state index in [0.717, 1.165) is 19.3 Å². The van der Waals surface area contributed by atoms with Crippen molar-refractivity contribution in [3.05, 3.63) is 63.9 Å². The third-order valence-corrected chi connectivity index (χ3v) is 3.97. The molecule has 1 heterocycles. The van der Waals surface area contributed by atoms with Gasteiger partial charge in [0.05, 0.1) is 0 Å². The predicted molar refractivity (Wildman–Crippen MR) is 96.0 cm³/mol. The highest BCUT2D eigenvalue weighted by Gasteiger charge is 2.15. The molecule has 0 aliphatic rings. The molecule has 0 aliphatic heterocycles. The number of carbonyl (C=O) groups excluding carboxylic acids is 1. The topological polar surface area (TPSA) is 65.2 Å². The first-order valence-corrected chi connectivity index (χ1v) is 8.58. The highest BCUT2D eigenvalue weighted by atomic mass is 35.5. The van der Waals surface area contributed by atoms with Crippen LogP contribution in [0.25, 0.3) is 0 Å². The predicted octanol–water partition coefficient (Wildman–Crippen LogP) is 4.17. The molecule has 2 rings (SSSR count). The van der Waals surface area contributed by atoms with Crippen LogP contribution in [0.15, 0.2) is 42.5 Å². The Labute approximate surface area is 151 Å². The lowest BCUT2D eigenvalue weighted by Gasteiger charge is -2.12. The molecule has 6 heteroatoms. The van der Waals surface area contributed by atoms with Crippen LogP contribution in [-0.4, -0.2) is 17.0 Å². The quantitative estimate of drug-likeness (QED) is 0.432. The van der Waals surface area contributed by atoms with Gasteiger partial charge in [-0.25, -0.2) is 4.98 Å². The average Bonchev–Trinajstić information content (AvgIpc) is 2.56. The van der Waals surface area contributed by atoms with Gasteiger partial charge < -0.3 is 10.5 Å². The summed E-state index contributed by atoms with van der Waals surface area (Å²) < 4.78 is 5.21. The molecule has 2 aromatic rings. The van der Waals surface area contributed by atoms with Crippen molar-refractivity contribution in [3.63, 3.8) is 0 Å². The minimum absolute atomic E-state index is 0.0819. The number of nitrogens with two attached hydrogens (primary N) is 1. The molecule has 1 aromatic carbocycles. The normalized spacial score (nSPS) is 12.0. The first kappa shape index (κ1) is 18.7. The number of hydrogen-bond donors (Lipinski definition) is 1. The molecular formula is C18H20Cl2N2O2. The molecule has 128 valence electrons. The molecule has 1 atom stereocenters. The summed E-state index contributed by atoms with van der Waals surface area (Å²) in [6, 6.07) is 12.8. The van der Waals surface area contributed by atoms with E-state index in [1.54, 1.807) is 12.1 Å². The van der Waals surface area contributed by atoms with Crippen molar-refractivity contribution in [1.29, 1.82) is 0 Å². The van der Waals surface area contributed by atoms with Crippen LogP contribution in [0.1, 0.15) is 30.4 Å². The lowest BCUT2D eigenvalue weighted by atomic mass is 10.0. The van der Waals surface area contributed by atoms with Gasteiger partial charge in [-0.2, -0.15) is 0 Å². The third-order valence-electron chi connectivity index (χ3n) is 3.58. The van der Waals surface area contributed by atoms with E-state index in [0.29, 0.717) is 12.0 Å². The van der Waals surface area contributed by atoms with Crippen molar-refractivity contribution in [2.75, 3.05) is 0 Å². The Morgan fingerprint density at radius 2 is 1.75 bits per heavy atom. The highest BCUT2D eigenvalue weighted by molar-refractivity contribution is 6.32. The average molecular weight is 367 g/mol. The lowest BCUT2D eigenvalue weighted by molar-refractivity contribution is -0.146. The highest BCUT2D eigenvalue weighted by Crippen LogP contribution is 2.16. The second-order valence-corrected chi connectivity index (χ2v) is 6.34. The number of benzene rings is 1. The van der Waals surface area contributed by atoms with Gasteiger partial charge in [0.2, 0.25) is 0 Å². The van der Waals surface area contributed by atoms with Gasteiger partial charge in [0.25, 0.3) is 0 Å². The number of pyridine rings is 1. The van der Waals surface area contributed by atoms with Gasteiger partial charge in [0.1, 0.15) is 23.0 Å². The van der Waals surface area contributed by atoms with Crippen LogP contribution in [-0.2, 0) is 22.6 Å². The molecule has 0 saturated heterocycles. The van der Waals surface area contributed by atoms with E-state index in [1.807, 2.05) is 18.2 Å². The number of rotatable bonds is 8. The molecule has 0 spiro atoms. The fourth-order valence-corrected chi connectivity index (χ4v) is 2.82. The molecule has 0 aliphatic carbocycles. The molecule has 24 heavy (non-hydrogen) atoms. The van der Waals surface area contributed by atoms with E-state index < -0.39 is 12.0 Å². The molecule has 0 bridgehead atoms. The molecule has 2 N–H and O–H groups in total. The number of nitrogens with zero attached hydrogens (tertiary/aromatic N) is 1. The first-order chi connectivity index (χ1) is 11.5. The number of esters is 1. The van der Waals surface area contributed by atoms with Crippen molar-refractivity contribution >= 4 is 29.2 Å². The van der Waals surface area contributed by atoms with Crippen LogP contribution in [0.2, 0.25) is 10.3 Å². The summed E-state index contributed by atoms with van der Waals surface area (Å²) in [6.07, 6.45) is 3.44. The van der Waals surface area contributed by atoms with Crippen LogP contribution in [0.3, 0.4) is 0 Å². The summed E-state index contributed by atoms with van der Waals surface area (Å²) in [4.78, 5) is 15.8. The number of unbranched alkanes of at least 4 members (excludes halogenated alkanes) is 1. The molecule has 0 amide bonds. The van der Waals surface area contributed by atoms with Crippen molar-refractivity contribution in [2.45, 2.75) is 38.3 Å². The Morgan fingerprint density at radius 3 is 2.42 bits per heavy atom. The van der Waals surface area contributed by atoms with Gasteiger partial charge >= 0.3 is 5.97 Å². The maximum Gasteiger partial charge on any atom is 0.323 e. The number of halogens is 2. The van der Waals surface area contributed by atoms with Crippen molar-refractivity contribution in [2.24, 2.45) is 5.73 Å². The monoisotopic (exact) mass is 366 g/mol. The largest absolute Gasteiger partial charge is 0.460 e. The summed E-state index contributed by atoms with van der Waals surface area (Å²) in [6.45, 7) is 0.0819. The van der Waals surface area contributed by atoms with Crippen molar-refractivity contribution < 1.29 is 9.53 Å². The molecule has 1 aromatic heterocycles. The number of hydrogen-bond acceptors (Lipinski definition) is 4. The summed E-state index contributed by atoms with van der Waals surface area (Å²) in [5, 5.41) is 0.525. The Hall–Kier alpha value is -1.62. The summed E-state index contributed by atoms with van der Waals surface area (Å²) in [5.41, 5.74) is 7.86. The molecule has 4 nitrogen and oxygen atoms in total. The van der Waals surface area contributed by atoms with Crippen molar-refractivity contribution in [3.8, 4) is 0 Å². The van der Waals surface area contributed by atoms with E-state index in [2.05, 4.69) is 17.1 Å². The summed E-state index contributed by atoms with van der Waals surface area (Å²) in [7, 11) is 0. The second-order valence-electron chi connectivity index (χ2n) is 5.57. The lowest BCUT2D eigenvalue weighted by Crippen LogP contribution is -2.32. The van der Waals surface area contributed by atoms with Crippen LogP contribution < -0.4 is 5.73 Å². The van der Waals surface area contributed by atoms with Gasteiger partial charge in [-0.1, -0.05) is 60.0 Å². The Bertz CT molecular complexity index is 645. The zero-order valence-electron chi connectivity index (χ0n) is 13.3. The van der Waals surface area contributed by atoms with Gasteiger partial charge in [0.15, 0.2) is 0 Å². The standard InChI is InChI=1S/C18H20Cl2N2O2/c19-16-10-14(11-17(20)22-16)12-24-18(23)15(21)9-5-4-8-13-6-2-1-3-7-13/h1-3,6-7,10-11,15H,4-5,8-9,12,21H2/t15-/m0/s1. The Balaban J connectivity index is 1.68. The first-order valence-electron chi connectivity index (χ1n) is 7.82. The van der Waals surface area contributed by atoms with E-state index in [1.165, 1.54) is 5.56 Å². The fraction of sp³-hybridized carbons (Fsp3) is 0.333. The van der Waals surface area contributed by atoms with E-state index in [9.17, 15) is 4.79 Å². The van der Waals surface area contributed by atoms with E-state index >= 15 is 0 Å². The SMILES string of the molecule is N[C@@H](CCCCc1ccccc1)C(=O)OCc1cc(Cl)nc(Cl)c1. The van der Waals surface area contributed by atoms with Gasteiger partial charge in [-0.05, 0) is 42.5 Å². The van der Waals surface area contributed by atoms with E-state index in [-0.39, 0.29) is 16.9 Å². The summed E-state index contributed by atoms with van der Waals surface area (Å²) >= 11 is 11.6. The Morgan fingerprint density at radius 1 is 1.08 bits per heavy atom. The molecule has 0 unspecified atom stereocenters. The zero-order valence-corrected chi connectivity index (χ0v) is 14.8. The minimum Gasteiger partial charge on any atom is -0.460 e. The van der Waals surface area contributed by atoms with Gasteiger partial charge in [0, 0.05) is 0 Å². The minimum atomic E-state index is -0.617.